The molecule has 0 aliphatic carbocycles. The molecule has 0 amide bonds. The van der Waals surface area contributed by atoms with E-state index in [1.807, 2.05) is 30.3 Å². The molecule has 11 heteroatoms. The van der Waals surface area contributed by atoms with E-state index in [2.05, 4.69) is 10.3 Å². The number of benzene rings is 1. The topological polar surface area (TPSA) is 129 Å². The molecule has 4 atom stereocenters. The largest absolute Gasteiger partial charge is 0.369 e. The second-order valence-corrected chi connectivity index (χ2v) is 9.29. The van der Waals surface area contributed by atoms with Gasteiger partial charge in [0.2, 0.25) is 0 Å². The van der Waals surface area contributed by atoms with Crippen LogP contribution in [0.4, 0.5) is 0 Å². The predicted molar refractivity (Wildman–Crippen MR) is 107 cm³/mol. The van der Waals surface area contributed by atoms with E-state index in [-0.39, 0.29) is 13.2 Å². The lowest BCUT2D eigenvalue weighted by molar-refractivity contribution is -0.137. The molecule has 2 aromatic rings. The maximum Gasteiger partial charge on any atom is 0.330 e. The highest BCUT2D eigenvalue weighted by molar-refractivity contribution is 7.85. The number of ether oxygens (including phenoxy) is 2. The summed E-state index contributed by atoms with van der Waals surface area (Å²) in [5.41, 5.74) is -0.914. The van der Waals surface area contributed by atoms with Crippen molar-refractivity contribution >= 4 is 10.1 Å². The Morgan fingerprint density at radius 2 is 2.00 bits per heavy atom. The lowest BCUT2D eigenvalue weighted by atomic mass is 10.00. The van der Waals surface area contributed by atoms with E-state index in [0.29, 0.717) is 12.1 Å². The summed E-state index contributed by atoms with van der Waals surface area (Å²) in [6.45, 7) is 1.89. The molecular weight excluding hydrogens is 414 g/mol. The first kappa shape index (κ1) is 20.9. The standard InChI is InChI=1S/C19H23N3O7S/c1-12-8-22(18(24)21-16(12)23)17-14-15(27-9-13-6-4-3-5-7-13)19(29-17,10-20-14)11-28-30(2,25)26/h3-8,14-15,17,20H,9-11H2,1-2H3,(H,21,23,24)/t14-,15+,17+,19-/m0/s1. The van der Waals surface area contributed by atoms with Crippen LogP contribution < -0.4 is 16.6 Å². The lowest BCUT2D eigenvalue weighted by Gasteiger charge is -2.31. The fourth-order valence-corrected chi connectivity index (χ4v) is 4.31. The van der Waals surface area contributed by atoms with Crippen LogP contribution in [0.25, 0.3) is 0 Å². The Labute approximate surface area is 172 Å². The second-order valence-electron chi connectivity index (χ2n) is 7.64. The van der Waals surface area contributed by atoms with Crippen LogP contribution in [0.2, 0.25) is 0 Å². The monoisotopic (exact) mass is 437 g/mol. The van der Waals surface area contributed by atoms with Crippen LogP contribution in [-0.2, 0) is 30.4 Å². The van der Waals surface area contributed by atoms with Crippen molar-refractivity contribution in [3.05, 3.63) is 68.5 Å². The van der Waals surface area contributed by atoms with E-state index in [1.54, 1.807) is 6.92 Å². The number of hydrogen-bond donors (Lipinski definition) is 2. The summed E-state index contributed by atoms with van der Waals surface area (Å²) in [5.74, 6) is 0. The van der Waals surface area contributed by atoms with Crippen molar-refractivity contribution in [2.24, 2.45) is 0 Å². The third-order valence-electron chi connectivity index (χ3n) is 5.35. The van der Waals surface area contributed by atoms with Crippen molar-refractivity contribution in [1.29, 1.82) is 0 Å². The molecular formula is C19H23N3O7S. The Morgan fingerprint density at radius 3 is 2.70 bits per heavy atom. The first-order valence-electron chi connectivity index (χ1n) is 9.42. The van der Waals surface area contributed by atoms with E-state index in [1.165, 1.54) is 10.8 Å². The minimum atomic E-state index is -3.71. The Kier molecular flexibility index (Phi) is 5.41. The van der Waals surface area contributed by atoms with Gasteiger partial charge in [0.1, 0.15) is 11.7 Å². The van der Waals surface area contributed by atoms with Gasteiger partial charge in [-0.05, 0) is 12.5 Å². The number of aromatic amines is 1. The number of morpholine rings is 1. The zero-order valence-corrected chi connectivity index (χ0v) is 17.3. The van der Waals surface area contributed by atoms with Crippen LogP contribution in [0.15, 0.2) is 46.1 Å². The third kappa shape index (κ3) is 3.98. The van der Waals surface area contributed by atoms with E-state index < -0.39 is 45.3 Å². The Hall–Kier alpha value is -2.31. The normalized spacial score (nSPS) is 28.1. The van der Waals surface area contributed by atoms with Crippen molar-refractivity contribution in [2.45, 2.75) is 37.5 Å². The molecule has 2 aliphatic heterocycles. The van der Waals surface area contributed by atoms with Crippen LogP contribution >= 0.6 is 0 Å². The molecule has 1 aromatic carbocycles. The molecule has 2 aliphatic rings. The molecule has 162 valence electrons. The van der Waals surface area contributed by atoms with Gasteiger partial charge >= 0.3 is 5.69 Å². The van der Waals surface area contributed by atoms with Crippen molar-refractivity contribution < 1.29 is 22.1 Å². The number of fused-ring (bicyclic) bond motifs is 2. The molecule has 3 heterocycles. The van der Waals surface area contributed by atoms with E-state index in [9.17, 15) is 18.0 Å². The smallest absolute Gasteiger partial charge is 0.330 e. The summed E-state index contributed by atoms with van der Waals surface area (Å²) in [7, 11) is -3.71. The summed E-state index contributed by atoms with van der Waals surface area (Å²) in [6, 6.07) is 9.07. The van der Waals surface area contributed by atoms with Crippen molar-refractivity contribution in [3.8, 4) is 0 Å². The maximum atomic E-state index is 12.4. The van der Waals surface area contributed by atoms with Gasteiger partial charge in [-0.3, -0.25) is 18.5 Å². The summed E-state index contributed by atoms with van der Waals surface area (Å²) < 4.78 is 41.9. The molecule has 4 rings (SSSR count). The van der Waals surface area contributed by atoms with Gasteiger partial charge in [-0.25, -0.2) is 4.79 Å². The first-order chi connectivity index (χ1) is 14.2. The van der Waals surface area contributed by atoms with Gasteiger partial charge in [-0.2, -0.15) is 8.42 Å². The van der Waals surface area contributed by atoms with Gasteiger partial charge in [-0.1, -0.05) is 30.3 Å². The van der Waals surface area contributed by atoms with Crippen molar-refractivity contribution in [1.82, 2.24) is 14.9 Å². The van der Waals surface area contributed by atoms with Crippen LogP contribution in [0.5, 0.6) is 0 Å². The summed E-state index contributed by atoms with van der Waals surface area (Å²) in [6.07, 6.45) is 1.01. The van der Waals surface area contributed by atoms with Crippen molar-refractivity contribution in [2.75, 3.05) is 19.4 Å². The van der Waals surface area contributed by atoms with E-state index >= 15 is 0 Å². The van der Waals surface area contributed by atoms with Gasteiger partial charge in [0.05, 0.1) is 25.5 Å². The van der Waals surface area contributed by atoms with Gasteiger partial charge in [0.15, 0.2) is 6.23 Å². The molecule has 0 spiro atoms. The third-order valence-corrected chi connectivity index (χ3v) is 5.90. The molecule has 1 aromatic heterocycles. The second kappa shape index (κ2) is 7.75. The predicted octanol–water partition coefficient (Wildman–Crippen LogP) is -0.354. The first-order valence-corrected chi connectivity index (χ1v) is 11.2. The molecule has 0 saturated carbocycles. The fraction of sp³-hybridized carbons (Fsp3) is 0.474. The molecule has 0 unspecified atom stereocenters. The molecule has 0 radical (unpaired) electrons. The van der Waals surface area contributed by atoms with Crippen LogP contribution in [0.3, 0.4) is 0 Å². The molecule has 2 bridgehead atoms. The van der Waals surface area contributed by atoms with Gasteiger partial charge in [0, 0.05) is 18.3 Å². The Balaban J connectivity index is 1.65. The number of rotatable bonds is 7. The number of H-pyrrole nitrogens is 1. The minimum Gasteiger partial charge on any atom is -0.369 e. The highest BCUT2D eigenvalue weighted by Crippen LogP contribution is 2.43. The zero-order valence-electron chi connectivity index (χ0n) is 16.5. The van der Waals surface area contributed by atoms with Crippen LogP contribution in [-0.4, -0.2) is 55.1 Å². The summed E-state index contributed by atoms with van der Waals surface area (Å²) in [5, 5.41) is 3.25. The highest BCUT2D eigenvalue weighted by Gasteiger charge is 2.62. The number of nitrogens with one attached hydrogen (secondary N) is 2. The average Bonchev–Trinajstić information content (AvgIpc) is 3.20. The average molecular weight is 437 g/mol. The highest BCUT2D eigenvalue weighted by atomic mass is 32.2. The number of nitrogens with zero attached hydrogens (tertiary/aromatic N) is 1. The summed E-state index contributed by atoms with van der Waals surface area (Å²) in [4.78, 5) is 26.4. The van der Waals surface area contributed by atoms with Crippen LogP contribution in [0.1, 0.15) is 17.4 Å². The molecule has 30 heavy (non-hydrogen) atoms. The Bertz CT molecular complexity index is 1140. The lowest BCUT2D eigenvalue weighted by Crippen LogP contribution is -2.49. The Morgan fingerprint density at radius 1 is 1.27 bits per heavy atom. The molecule has 10 nitrogen and oxygen atoms in total. The number of aromatic nitrogens is 2. The van der Waals surface area contributed by atoms with E-state index in [0.717, 1.165) is 11.8 Å². The minimum absolute atomic E-state index is 0.262. The molecule has 2 N–H and O–H groups in total. The van der Waals surface area contributed by atoms with Crippen LogP contribution in [0, 0.1) is 6.92 Å². The molecule has 2 saturated heterocycles. The van der Waals surface area contributed by atoms with Gasteiger partial charge in [0.25, 0.3) is 15.7 Å². The van der Waals surface area contributed by atoms with Gasteiger partial charge in [-0.15, -0.1) is 0 Å². The van der Waals surface area contributed by atoms with E-state index in [4.69, 9.17) is 13.7 Å². The quantitative estimate of drug-likeness (QED) is 0.563. The summed E-state index contributed by atoms with van der Waals surface area (Å²) >= 11 is 0. The maximum absolute atomic E-state index is 12.4. The zero-order chi connectivity index (χ0) is 21.5. The number of hydrogen-bond acceptors (Lipinski definition) is 8. The SMILES string of the molecule is Cc1cn([C@@H]2O[C@]3(COS(C)(=O)=O)CN[C@H]2[C@H]3OCc2ccccc2)c(=O)[nH]c1=O. The number of aryl methyl sites for hydroxylation is 1. The van der Waals surface area contributed by atoms with Gasteiger partial charge < -0.3 is 14.8 Å². The fourth-order valence-electron chi connectivity index (χ4n) is 3.89. The molecule has 2 fully saturated rings. The van der Waals surface area contributed by atoms with Crippen molar-refractivity contribution in [3.63, 3.8) is 0 Å².